The van der Waals surface area contributed by atoms with E-state index < -0.39 is 11.7 Å². The van der Waals surface area contributed by atoms with Gasteiger partial charge in [0.15, 0.2) is 11.6 Å². The Balaban J connectivity index is 0.000000394. The van der Waals surface area contributed by atoms with E-state index in [1.165, 1.54) is 44.1 Å². The summed E-state index contributed by atoms with van der Waals surface area (Å²) in [7, 11) is 0. The number of morpholine rings is 1. The van der Waals surface area contributed by atoms with Crippen molar-refractivity contribution in [3.63, 3.8) is 0 Å². The Kier molecular flexibility index (Phi) is 13.2. The number of aromatic nitrogens is 3. The van der Waals surface area contributed by atoms with E-state index in [1.807, 2.05) is 45.0 Å². The van der Waals surface area contributed by atoms with Crippen LogP contribution in [0.25, 0.3) is 0 Å². The second-order valence-corrected chi connectivity index (χ2v) is 9.88. The van der Waals surface area contributed by atoms with E-state index in [4.69, 9.17) is 4.74 Å². The first-order valence-corrected chi connectivity index (χ1v) is 14.7. The molecule has 1 saturated heterocycles. The van der Waals surface area contributed by atoms with Gasteiger partial charge in [0, 0.05) is 18.8 Å². The summed E-state index contributed by atoms with van der Waals surface area (Å²) in [6, 6.07) is 11.3. The predicted octanol–water partition coefficient (Wildman–Crippen LogP) is 6.66. The van der Waals surface area contributed by atoms with Crippen molar-refractivity contribution in [3.8, 4) is 0 Å². The zero-order chi connectivity index (χ0) is 29.5. The Labute approximate surface area is 243 Å². The molecule has 222 valence electrons. The lowest BCUT2D eigenvalue weighted by atomic mass is 9.88. The number of carbonyl (C=O) groups excluding carboxylic acids is 1. The number of anilines is 4. The van der Waals surface area contributed by atoms with E-state index in [1.54, 1.807) is 23.2 Å². The molecule has 0 atom stereocenters. The average molecular weight is 566 g/mol. The van der Waals surface area contributed by atoms with Gasteiger partial charge in [-0.25, -0.2) is 14.4 Å². The first kappa shape index (κ1) is 31.7. The van der Waals surface area contributed by atoms with Crippen LogP contribution in [-0.4, -0.2) is 47.2 Å². The maximum atomic E-state index is 14.1. The molecule has 3 aromatic rings. The minimum absolute atomic E-state index is 0.0777. The third-order valence-corrected chi connectivity index (χ3v) is 6.96. The molecule has 2 aromatic heterocycles. The smallest absolute Gasteiger partial charge is 0.288 e. The average Bonchev–Trinajstić information content (AvgIpc) is 3.04. The standard InChI is InChI=1S/C21H22FN7O2.C8H16.C2H6/c1-14-2-4-15(5-3-14)25-16-6-7-18(23-12-16)20(30)27-28-21-24-13-17(22)19(26-21)29-8-10-31-11-9-29;1-2-8-6-4-3-5-7-8;1-2/h2-7,12-13,25H,8-11H2,1H3,(H,27,30)(H,24,26,28);8H,2-7H2,1H3;1-2H3. The van der Waals surface area contributed by atoms with Gasteiger partial charge in [0.2, 0.25) is 5.95 Å². The minimum Gasteiger partial charge on any atom is -0.378 e. The second kappa shape index (κ2) is 17.1. The Bertz CT molecular complexity index is 1180. The molecule has 0 bridgehead atoms. The maximum Gasteiger partial charge on any atom is 0.288 e. The van der Waals surface area contributed by atoms with Crippen molar-refractivity contribution in [1.82, 2.24) is 20.4 Å². The highest BCUT2D eigenvalue weighted by Crippen LogP contribution is 2.25. The summed E-state index contributed by atoms with van der Waals surface area (Å²) in [5, 5.41) is 3.22. The fourth-order valence-corrected chi connectivity index (χ4v) is 4.59. The van der Waals surface area contributed by atoms with Crippen molar-refractivity contribution in [1.29, 1.82) is 0 Å². The van der Waals surface area contributed by atoms with Crippen LogP contribution in [0.1, 0.15) is 75.3 Å². The number of aryl methyl sites for hydroxylation is 1. The van der Waals surface area contributed by atoms with Crippen molar-refractivity contribution < 1.29 is 13.9 Å². The van der Waals surface area contributed by atoms with E-state index in [2.05, 4.69) is 38.0 Å². The first-order valence-electron chi connectivity index (χ1n) is 14.7. The number of pyridine rings is 1. The molecule has 5 rings (SSSR count). The van der Waals surface area contributed by atoms with Crippen molar-refractivity contribution in [2.75, 3.05) is 41.9 Å². The Morgan fingerprint density at radius 3 is 2.27 bits per heavy atom. The van der Waals surface area contributed by atoms with Crippen LogP contribution in [0.4, 0.5) is 27.5 Å². The van der Waals surface area contributed by atoms with E-state index in [0.717, 1.165) is 23.5 Å². The quantitative estimate of drug-likeness (QED) is 0.273. The van der Waals surface area contributed by atoms with Gasteiger partial charge in [0.05, 0.1) is 31.3 Å². The molecule has 2 fully saturated rings. The van der Waals surface area contributed by atoms with Gasteiger partial charge in [-0.3, -0.25) is 15.6 Å². The molecule has 0 unspecified atom stereocenters. The van der Waals surface area contributed by atoms with Crippen LogP contribution in [0.15, 0.2) is 48.8 Å². The minimum atomic E-state index is -0.530. The molecule has 1 aliphatic carbocycles. The van der Waals surface area contributed by atoms with Crippen LogP contribution in [0.5, 0.6) is 0 Å². The summed E-state index contributed by atoms with van der Waals surface area (Å²) in [5.41, 5.74) is 8.14. The summed E-state index contributed by atoms with van der Waals surface area (Å²) in [5.74, 6) is 0.331. The molecule has 0 spiro atoms. The molecule has 1 amide bonds. The lowest BCUT2D eigenvalue weighted by Crippen LogP contribution is -2.38. The Morgan fingerprint density at radius 2 is 1.66 bits per heavy atom. The molecular weight excluding hydrogens is 521 g/mol. The first-order chi connectivity index (χ1) is 20.0. The number of ether oxygens (including phenoxy) is 1. The summed E-state index contributed by atoms with van der Waals surface area (Å²) >= 11 is 0. The number of hydrogen-bond acceptors (Lipinski definition) is 8. The van der Waals surface area contributed by atoms with Crippen molar-refractivity contribution in [2.24, 2.45) is 5.92 Å². The van der Waals surface area contributed by atoms with E-state index in [-0.39, 0.29) is 17.5 Å². The highest BCUT2D eigenvalue weighted by Gasteiger charge is 2.18. The van der Waals surface area contributed by atoms with Gasteiger partial charge in [-0.15, -0.1) is 0 Å². The number of amides is 1. The summed E-state index contributed by atoms with van der Waals surface area (Å²) < 4.78 is 19.4. The van der Waals surface area contributed by atoms with Gasteiger partial charge < -0.3 is 15.0 Å². The fraction of sp³-hybridized carbons (Fsp3) is 0.484. The van der Waals surface area contributed by atoms with Gasteiger partial charge in [0.1, 0.15) is 5.69 Å². The van der Waals surface area contributed by atoms with Crippen LogP contribution < -0.4 is 21.1 Å². The molecule has 2 aliphatic rings. The molecule has 1 aliphatic heterocycles. The zero-order valence-electron chi connectivity index (χ0n) is 24.8. The molecule has 0 radical (unpaired) electrons. The molecular formula is C31H44FN7O2. The lowest BCUT2D eigenvalue weighted by Gasteiger charge is -2.28. The molecule has 3 heterocycles. The SMILES string of the molecule is CC.CCC1CCCCC1.Cc1ccc(Nc2ccc(C(=O)NNc3ncc(F)c(N4CCOCC4)n3)nc2)cc1. The molecule has 1 aromatic carbocycles. The third-order valence-electron chi connectivity index (χ3n) is 6.96. The molecule has 1 saturated carbocycles. The Morgan fingerprint density at radius 1 is 0.976 bits per heavy atom. The van der Waals surface area contributed by atoms with Crippen molar-refractivity contribution >= 4 is 29.0 Å². The number of carbonyl (C=O) groups is 1. The summed E-state index contributed by atoms with van der Waals surface area (Å²) in [6.07, 6.45) is 11.6. The van der Waals surface area contributed by atoms with Gasteiger partial charge in [-0.1, -0.05) is 77.0 Å². The highest BCUT2D eigenvalue weighted by molar-refractivity contribution is 5.93. The molecule has 41 heavy (non-hydrogen) atoms. The number of hydrogen-bond donors (Lipinski definition) is 3. The number of benzene rings is 1. The number of halogens is 1. The topological polar surface area (TPSA) is 104 Å². The zero-order valence-corrected chi connectivity index (χ0v) is 24.8. The molecule has 10 heteroatoms. The van der Waals surface area contributed by atoms with Crippen LogP contribution >= 0.6 is 0 Å². The van der Waals surface area contributed by atoms with Gasteiger partial charge >= 0.3 is 0 Å². The second-order valence-electron chi connectivity index (χ2n) is 9.88. The van der Waals surface area contributed by atoms with E-state index >= 15 is 0 Å². The third kappa shape index (κ3) is 10.3. The largest absolute Gasteiger partial charge is 0.378 e. The number of rotatable bonds is 7. The van der Waals surface area contributed by atoms with Gasteiger partial charge in [-0.2, -0.15) is 4.98 Å². The monoisotopic (exact) mass is 565 g/mol. The van der Waals surface area contributed by atoms with Crippen LogP contribution in [0.2, 0.25) is 0 Å². The van der Waals surface area contributed by atoms with Crippen LogP contribution in [0.3, 0.4) is 0 Å². The van der Waals surface area contributed by atoms with E-state index in [9.17, 15) is 9.18 Å². The predicted molar refractivity (Wildman–Crippen MR) is 163 cm³/mol. The number of nitrogens with zero attached hydrogens (tertiary/aromatic N) is 4. The van der Waals surface area contributed by atoms with Crippen molar-refractivity contribution in [2.45, 2.75) is 66.2 Å². The lowest BCUT2D eigenvalue weighted by molar-refractivity contribution is 0.0957. The Hall–Kier alpha value is -3.79. The van der Waals surface area contributed by atoms with Crippen LogP contribution in [0, 0.1) is 18.7 Å². The number of hydrazine groups is 1. The maximum absolute atomic E-state index is 14.1. The normalized spacial score (nSPS) is 15.0. The van der Waals surface area contributed by atoms with Crippen molar-refractivity contribution in [3.05, 3.63) is 65.9 Å². The fourth-order valence-electron chi connectivity index (χ4n) is 4.59. The molecule has 9 nitrogen and oxygen atoms in total. The van der Waals surface area contributed by atoms with Gasteiger partial charge in [-0.05, 0) is 37.1 Å². The van der Waals surface area contributed by atoms with Crippen LogP contribution in [-0.2, 0) is 4.74 Å². The molecule has 3 N–H and O–H groups in total. The number of nitrogens with one attached hydrogen (secondary N) is 3. The summed E-state index contributed by atoms with van der Waals surface area (Å²) in [4.78, 5) is 26.3. The van der Waals surface area contributed by atoms with Gasteiger partial charge in [0.25, 0.3) is 5.91 Å². The van der Waals surface area contributed by atoms with E-state index in [0.29, 0.717) is 26.3 Å². The highest BCUT2D eigenvalue weighted by atomic mass is 19.1. The summed E-state index contributed by atoms with van der Waals surface area (Å²) in [6.45, 7) is 10.4.